The van der Waals surface area contributed by atoms with Gasteiger partial charge in [-0.25, -0.2) is 17.5 Å². The number of pyridine rings is 1. The van der Waals surface area contributed by atoms with E-state index in [9.17, 15) is 22.7 Å². The molecule has 2 aromatic rings. The number of halogens is 3. The maximum absolute atomic E-state index is 13.2. The number of nitrogens with one attached hydrogen (secondary N) is 2. The lowest BCUT2D eigenvalue weighted by Crippen LogP contribution is -2.43. The van der Waals surface area contributed by atoms with Gasteiger partial charge in [-0.15, -0.1) is 0 Å². The number of aliphatic hydroxyl groups is 1. The van der Waals surface area contributed by atoms with E-state index in [1.807, 2.05) is 0 Å². The van der Waals surface area contributed by atoms with Crippen molar-refractivity contribution in [2.24, 2.45) is 0 Å². The summed E-state index contributed by atoms with van der Waals surface area (Å²) in [7, 11) is -3.30. The fourth-order valence-corrected chi connectivity index (χ4v) is 3.24. The van der Waals surface area contributed by atoms with E-state index in [1.54, 1.807) is 49.5 Å². The highest BCUT2D eigenvalue weighted by Crippen LogP contribution is 2.24. The number of rotatable bonds is 10. The molecule has 0 saturated heterocycles. The van der Waals surface area contributed by atoms with Gasteiger partial charge in [0.15, 0.2) is 4.84 Å². The number of aliphatic hydroxyl groups excluding tert-OH is 1. The second-order valence-corrected chi connectivity index (χ2v) is 9.59. The average Bonchev–Trinajstić information content (AvgIpc) is 2.76. The smallest absolute Gasteiger partial charge is 0.253 e. The van der Waals surface area contributed by atoms with Crippen molar-refractivity contribution >= 4 is 39.1 Å². The third-order valence-corrected chi connectivity index (χ3v) is 6.08. The number of carbonyl (C=O) groups excluding carboxylic acids is 1. The Morgan fingerprint density at radius 1 is 1.17 bits per heavy atom. The number of nitrogens with zero attached hydrogens (tertiary/aromatic N) is 1. The molecule has 1 aromatic heterocycles. The van der Waals surface area contributed by atoms with Gasteiger partial charge in [0.1, 0.15) is 12.8 Å². The molecule has 1 heterocycles. The lowest BCUT2D eigenvalue weighted by atomic mass is 9.99. The summed E-state index contributed by atoms with van der Waals surface area (Å²) in [5, 5.41) is 12.6. The summed E-state index contributed by atoms with van der Waals surface area (Å²) >= 11 is 10.9. The molecule has 30 heavy (non-hydrogen) atoms. The van der Waals surface area contributed by atoms with Crippen LogP contribution in [0.1, 0.15) is 24.3 Å². The van der Waals surface area contributed by atoms with E-state index in [0.717, 1.165) is 11.1 Å². The highest BCUT2D eigenvalue weighted by molar-refractivity contribution is 7.89. The third-order valence-electron chi connectivity index (χ3n) is 4.34. The normalized spacial score (nSPS) is 13.8. The summed E-state index contributed by atoms with van der Waals surface area (Å²) in [6.45, 7) is 0.654. The molecule has 0 saturated carbocycles. The van der Waals surface area contributed by atoms with Crippen LogP contribution in [0.25, 0.3) is 11.1 Å². The van der Waals surface area contributed by atoms with Crippen LogP contribution in [0.4, 0.5) is 4.39 Å². The van der Waals surface area contributed by atoms with Crippen molar-refractivity contribution < 1.29 is 22.7 Å². The number of carbonyl (C=O) groups is 1. The second kappa shape index (κ2) is 11.0. The van der Waals surface area contributed by atoms with Crippen molar-refractivity contribution in [3.8, 4) is 11.1 Å². The Morgan fingerprint density at radius 2 is 1.80 bits per heavy atom. The number of amides is 1. The Labute approximate surface area is 184 Å². The molecular weight excluding hydrogens is 456 g/mol. The molecule has 0 fully saturated rings. The molecule has 0 aliphatic rings. The topological polar surface area (TPSA) is 108 Å². The molecule has 3 N–H and O–H groups in total. The van der Waals surface area contributed by atoms with Crippen molar-refractivity contribution in [3.05, 3.63) is 53.9 Å². The SMILES string of the molecule is CCS(=O)(=O)NCc1ccc(-c2ccc([C@@H](O)[C@@H](CF)NC(=O)C(Cl)Cl)cc2)cn1. The van der Waals surface area contributed by atoms with Crippen molar-refractivity contribution in [1.82, 2.24) is 15.0 Å². The number of alkyl halides is 3. The van der Waals surface area contributed by atoms with Gasteiger partial charge < -0.3 is 10.4 Å². The van der Waals surface area contributed by atoms with Crippen LogP contribution in [0.15, 0.2) is 42.6 Å². The third kappa shape index (κ3) is 6.88. The maximum atomic E-state index is 13.2. The van der Waals surface area contributed by atoms with Crippen LogP contribution >= 0.6 is 23.2 Å². The quantitative estimate of drug-likeness (QED) is 0.455. The van der Waals surface area contributed by atoms with E-state index >= 15 is 0 Å². The van der Waals surface area contributed by atoms with E-state index in [2.05, 4.69) is 15.0 Å². The standard InChI is InChI=1S/C19H22Cl2FN3O4S/c1-2-30(28,29)24-11-15-8-7-14(10-23-15)12-3-5-13(6-4-12)17(26)16(9-22)25-19(27)18(20)21/h3-8,10,16-18,24,26H,2,9,11H2,1H3,(H,25,27)/t16-,17-/m1/s1. The molecule has 2 rings (SSSR count). The first-order valence-corrected chi connectivity index (χ1v) is 11.5. The Hall–Kier alpha value is -1.78. The minimum absolute atomic E-state index is 0.00540. The average molecular weight is 478 g/mol. The van der Waals surface area contributed by atoms with Gasteiger partial charge in [0, 0.05) is 11.8 Å². The Kier molecular flexibility index (Phi) is 8.99. The molecule has 1 amide bonds. The number of sulfonamides is 1. The zero-order valence-corrected chi connectivity index (χ0v) is 18.4. The Balaban J connectivity index is 2.06. The van der Waals surface area contributed by atoms with Crippen molar-refractivity contribution in [2.45, 2.75) is 30.5 Å². The van der Waals surface area contributed by atoms with E-state index in [4.69, 9.17) is 23.2 Å². The largest absolute Gasteiger partial charge is 0.386 e. The van der Waals surface area contributed by atoms with Crippen LogP contribution in [0.3, 0.4) is 0 Å². The van der Waals surface area contributed by atoms with Crippen molar-refractivity contribution in [1.29, 1.82) is 0 Å². The van der Waals surface area contributed by atoms with Crippen LogP contribution in [-0.2, 0) is 21.4 Å². The minimum atomic E-state index is -3.30. The first-order valence-electron chi connectivity index (χ1n) is 9.02. The lowest BCUT2D eigenvalue weighted by molar-refractivity contribution is -0.121. The molecule has 2 atom stereocenters. The monoisotopic (exact) mass is 477 g/mol. The number of aromatic nitrogens is 1. The predicted molar refractivity (Wildman–Crippen MR) is 114 cm³/mol. The Morgan fingerprint density at radius 3 is 2.30 bits per heavy atom. The van der Waals surface area contributed by atoms with Gasteiger partial charge in [0.25, 0.3) is 5.91 Å². The first-order chi connectivity index (χ1) is 14.2. The van der Waals surface area contributed by atoms with Crippen LogP contribution in [0.5, 0.6) is 0 Å². The van der Waals surface area contributed by atoms with Crippen LogP contribution in [0.2, 0.25) is 0 Å². The molecule has 0 spiro atoms. The molecule has 164 valence electrons. The van der Waals surface area contributed by atoms with Crippen molar-refractivity contribution in [2.75, 3.05) is 12.4 Å². The van der Waals surface area contributed by atoms with E-state index in [1.165, 1.54) is 0 Å². The summed E-state index contributed by atoms with van der Waals surface area (Å²) in [5.74, 6) is -0.793. The highest BCUT2D eigenvalue weighted by atomic mass is 35.5. The summed E-state index contributed by atoms with van der Waals surface area (Å²) in [5.41, 5.74) is 2.55. The maximum Gasteiger partial charge on any atom is 0.253 e. The number of benzene rings is 1. The van der Waals surface area contributed by atoms with Gasteiger partial charge in [-0.2, -0.15) is 0 Å². The van der Waals surface area contributed by atoms with E-state index < -0.39 is 39.6 Å². The van der Waals surface area contributed by atoms with Gasteiger partial charge in [0.05, 0.1) is 24.0 Å². The summed E-state index contributed by atoms with van der Waals surface area (Å²) in [6.07, 6.45) is 0.319. The predicted octanol–water partition coefficient (Wildman–Crippen LogP) is 2.48. The summed E-state index contributed by atoms with van der Waals surface area (Å²) in [6, 6.07) is 8.97. The molecule has 0 aliphatic heterocycles. The Bertz CT molecular complexity index is 941. The molecule has 0 aliphatic carbocycles. The fraction of sp³-hybridized carbons (Fsp3) is 0.368. The zero-order chi connectivity index (χ0) is 22.3. The highest BCUT2D eigenvalue weighted by Gasteiger charge is 2.25. The summed E-state index contributed by atoms with van der Waals surface area (Å²) in [4.78, 5) is 14.4. The van der Waals surface area contributed by atoms with Gasteiger partial charge >= 0.3 is 0 Å². The molecule has 0 bridgehead atoms. The molecule has 1 aromatic carbocycles. The minimum Gasteiger partial charge on any atom is -0.386 e. The van der Waals surface area contributed by atoms with Gasteiger partial charge in [0.2, 0.25) is 10.0 Å². The van der Waals surface area contributed by atoms with Gasteiger partial charge in [-0.3, -0.25) is 9.78 Å². The van der Waals surface area contributed by atoms with Gasteiger partial charge in [-0.05, 0) is 24.1 Å². The number of hydrogen-bond acceptors (Lipinski definition) is 5. The van der Waals surface area contributed by atoms with Crippen molar-refractivity contribution in [3.63, 3.8) is 0 Å². The molecular formula is C19H22Cl2FN3O4S. The first kappa shape index (κ1) is 24.5. The number of hydrogen-bond donors (Lipinski definition) is 3. The van der Waals surface area contributed by atoms with Crippen LogP contribution < -0.4 is 10.0 Å². The van der Waals surface area contributed by atoms with E-state index in [0.29, 0.717) is 11.3 Å². The fourth-order valence-electron chi connectivity index (χ4n) is 2.54. The zero-order valence-electron chi connectivity index (χ0n) is 16.1. The molecule has 11 heteroatoms. The lowest BCUT2D eigenvalue weighted by Gasteiger charge is -2.22. The summed E-state index contributed by atoms with van der Waals surface area (Å²) < 4.78 is 38.7. The van der Waals surface area contributed by atoms with E-state index in [-0.39, 0.29) is 12.3 Å². The van der Waals surface area contributed by atoms with Gasteiger partial charge in [-0.1, -0.05) is 53.5 Å². The molecule has 0 radical (unpaired) electrons. The second-order valence-electron chi connectivity index (χ2n) is 6.40. The van der Waals surface area contributed by atoms with Crippen LogP contribution in [0, 0.1) is 0 Å². The van der Waals surface area contributed by atoms with Crippen LogP contribution in [-0.4, -0.2) is 47.7 Å². The molecule has 7 nitrogen and oxygen atoms in total. The molecule has 0 unspecified atom stereocenters.